The summed E-state index contributed by atoms with van der Waals surface area (Å²) in [6, 6.07) is 3.97. The van der Waals surface area contributed by atoms with Gasteiger partial charge in [0.25, 0.3) is 5.91 Å². The molecule has 1 aromatic carbocycles. The number of carbonyl (C=O) groups is 1. The molecule has 1 amide bonds. The fourth-order valence-electron chi connectivity index (χ4n) is 1.58. The van der Waals surface area contributed by atoms with E-state index in [1.54, 1.807) is 7.11 Å². The van der Waals surface area contributed by atoms with Gasteiger partial charge in [-0.25, -0.2) is 5.84 Å². The van der Waals surface area contributed by atoms with E-state index in [1.807, 2.05) is 26.0 Å². The molecular formula is C13H20N2O3. The lowest BCUT2D eigenvalue weighted by atomic mass is 10.1. The van der Waals surface area contributed by atoms with Crippen LogP contribution in [0.2, 0.25) is 0 Å². The van der Waals surface area contributed by atoms with Crippen LogP contribution in [0.15, 0.2) is 12.1 Å². The van der Waals surface area contributed by atoms with Crippen molar-refractivity contribution in [3.05, 3.63) is 28.8 Å². The molecule has 100 valence electrons. The van der Waals surface area contributed by atoms with E-state index in [-0.39, 0.29) is 12.5 Å². The number of ether oxygens (including phenoxy) is 2. The van der Waals surface area contributed by atoms with Gasteiger partial charge < -0.3 is 9.47 Å². The summed E-state index contributed by atoms with van der Waals surface area (Å²) in [5, 5.41) is 1.02. The number of aryl methyl sites for hydroxylation is 2. The molecule has 0 radical (unpaired) electrons. The first-order chi connectivity index (χ1) is 8.45. The maximum Gasteiger partial charge on any atom is 0.262 e. The van der Waals surface area contributed by atoms with E-state index in [4.69, 9.17) is 15.3 Å². The molecule has 0 heterocycles. The number of rotatable bonds is 5. The first kappa shape index (κ1) is 14.5. The van der Waals surface area contributed by atoms with Crippen molar-refractivity contribution in [2.24, 2.45) is 5.84 Å². The Morgan fingerprint density at radius 1 is 1.33 bits per heavy atom. The third-order valence-electron chi connectivity index (χ3n) is 2.73. The van der Waals surface area contributed by atoms with Crippen molar-refractivity contribution in [2.75, 3.05) is 20.8 Å². The lowest BCUT2D eigenvalue weighted by Gasteiger charge is -2.13. The average molecular weight is 252 g/mol. The van der Waals surface area contributed by atoms with Crippen LogP contribution in [0, 0.1) is 13.8 Å². The minimum absolute atomic E-state index is 0.0164. The molecule has 0 aliphatic carbocycles. The van der Waals surface area contributed by atoms with Crippen LogP contribution in [0.5, 0.6) is 5.75 Å². The molecule has 0 atom stereocenters. The van der Waals surface area contributed by atoms with Crippen molar-refractivity contribution in [2.45, 2.75) is 20.5 Å². The predicted molar refractivity (Wildman–Crippen MR) is 69.1 cm³/mol. The van der Waals surface area contributed by atoms with Crippen LogP contribution < -0.4 is 10.6 Å². The first-order valence-corrected chi connectivity index (χ1v) is 5.68. The van der Waals surface area contributed by atoms with E-state index < -0.39 is 0 Å². The van der Waals surface area contributed by atoms with Crippen LogP contribution in [-0.2, 0) is 16.1 Å². The van der Waals surface area contributed by atoms with Gasteiger partial charge in [0.05, 0.1) is 13.7 Å². The molecule has 2 N–H and O–H groups in total. The summed E-state index contributed by atoms with van der Waals surface area (Å²) < 4.78 is 10.6. The average Bonchev–Trinajstić information content (AvgIpc) is 2.32. The van der Waals surface area contributed by atoms with Gasteiger partial charge in [-0.1, -0.05) is 0 Å². The number of hydrazine groups is 1. The Balaban J connectivity index is 2.63. The van der Waals surface area contributed by atoms with Gasteiger partial charge in [0.1, 0.15) is 12.4 Å². The second-order valence-electron chi connectivity index (χ2n) is 4.25. The number of benzene rings is 1. The molecule has 0 fully saturated rings. The highest BCUT2D eigenvalue weighted by atomic mass is 16.5. The zero-order valence-corrected chi connectivity index (χ0v) is 11.3. The molecule has 18 heavy (non-hydrogen) atoms. The quantitative estimate of drug-likeness (QED) is 0.485. The Morgan fingerprint density at radius 2 is 2.00 bits per heavy atom. The number of hydrogen-bond acceptors (Lipinski definition) is 4. The Labute approximate surface area is 107 Å². The fourth-order valence-corrected chi connectivity index (χ4v) is 1.58. The first-order valence-electron chi connectivity index (χ1n) is 5.68. The molecule has 5 nitrogen and oxygen atoms in total. The highest BCUT2D eigenvalue weighted by molar-refractivity contribution is 5.76. The fraction of sp³-hybridized carbons (Fsp3) is 0.462. The zero-order chi connectivity index (χ0) is 13.7. The monoisotopic (exact) mass is 252 g/mol. The Morgan fingerprint density at radius 3 is 2.56 bits per heavy atom. The summed E-state index contributed by atoms with van der Waals surface area (Å²) in [4.78, 5) is 11.2. The number of methoxy groups -OCH3 is 1. The van der Waals surface area contributed by atoms with Crippen LogP contribution in [0.25, 0.3) is 0 Å². The number of nitrogens with two attached hydrogens (primary N) is 1. The molecule has 5 heteroatoms. The highest BCUT2D eigenvalue weighted by Gasteiger charge is 2.07. The standard InChI is InChI=1S/C13H20N2O3/c1-9-6-12(17-4)10(2)5-11(9)7-18-8-13(16)15(3)14/h5-6H,7-8,14H2,1-4H3. The zero-order valence-electron chi connectivity index (χ0n) is 11.3. The van der Waals surface area contributed by atoms with Gasteiger partial charge in [-0.2, -0.15) is 0 Å². The second-order valence-corrected chi connectivity index (χ2v) is 4.25. The molecule has 0 aliphatic rings. The van der Waals surface area contributed by atoms with Gasteiger partial charge in [-0.15, -0.1) is 0 Å². The lowest BCUT2D eigenvalue weighted by Crippen LogP contribution is -2.35. The van der Waals surface area contributed by atoms with Gasteiger partial charge >= 0.3 is 0 Å². The van der Waals surface area contributed by atoms with E-state index in [1.165, 1.54) is 7.05 Å². The molecule has 1 aromatic rings. The molecule has 0 aromatic heterocycles. The minimum Gasteiger partial charge on any atom is -0.496 e. The normalized spacial score (nSPS) is 10.3. The highest BCUT2D eigenvalue weighted by Crippen LogP contribution is 2.22. The summed E-state index contributed by atoms with van der Waals surface area (Å²) in [5.41, 5.74) is 3.16. The summed E-state index contributed by atoms with van der Waals surface area (Å²) in [5.74, 6) is 5.90. The van der Waals surface area contributed by atoms with Gasteiger partial charge in [0.2, 0.25) is 0 Å². The van der Waals surface area contributed by atoms with Gasteiger partial charge in [-0.05, 0) is 42.7 Å². The Kier molecular flexibility index (Phi) is 5.12. The van der Waals surface area contributed by atoms with Gasteiger partial charge in [-0.3, -0.25) is 9.80 Å². The smallest absolute Gasteiger partial charge is 0.262 e. The van der Waals surface area contributed by atoms with Crippen LogP contribution in [0.1, 0.15) is 16.7 Å². The largest absolute Gasteiger partial charge is 0.496 e. The maximum absolute atomic E-state index is 11.2. The Bertz CT molecular complexity index is 430. The number of carbonyl (C=O) groups excluding carboxylic acids is 1. The van der Waals surface area contributed by atoms with Gasteiger partial charge in [0.15, 0.2) is 0 Å². The SMILES string of the molecule is COc1cc(C)c(COCC(=O)N(C)N)cc1C. The number of likely N-dealkylation sites (N-methyl/N-ethyl adjacent to an activating group) is 1. The van der Waals surface area contributed by atoms with Crippen molar-refractivity contribution >= 4 is 5.91 Å². The van der Waals surface area contributed by atoms with E-state index in [0.29, 0.717) is 6.61 Å². The number of hydrogen-bond donors (Lipinski definition) is 1. The third-order valence-corrected chi connectivity index (χ3v) is 2.73. The molecule has 0 saturated heterocycles. The topological polar surface area (TPSA) is 64.8 Å². The number of nitrogens with zero attached hydrogens (tertiary/aromatic N) is 1. The van der Waals surface area contributed by atoms with Crippen LogP contribution in [-0.4, -0.2) is 31.7 Å². The van der Waals surface area contributed by atoms with Crippen molar-refractivity contribution in [1.82, 2.24) is 5.01 Å². The van der Waals surface area contributed by atoms with Crippen LogP contribution >= 0.6 is 0 Å². The summed E-state index contributed by atoms with van der Waals surface area (Å²) in [7, 11) is 3.14. The van der Waals surface area contributed by atoms with E-state index >= 15 is 0 Å². The molecule has 0 spiro atoms. The van der Waals surface area contributed by atoms with E-state index in [9.17, 15) is 4.79 Å². The minimum atomic E-state index is -0.252. The third kappa shape index (κ3) is 3.72. The predicted octanol–water partition coefficient (Wildman–Crippen LogP) is 1.16. The Hall–Kier alpha value is -1.59. The van der Waals surface area contributed by atoms with Gasteiger partial charge in [0, 0.05) is 7.05 Å². The molecule has 1 rings (SSSR count). The lowest BCUT2D eigenvalue weighted by molar-refractivity contribution is -0.135. The van der Waals surface area contributed by atoms with E-state index in [2.05, 4.69) is 0 Å². The second kappa shape index (κ2) is 6.37. The molecule has 0 unspecified atom stereocenters. The molecule has 0 bridgehead atoms. The number of amides is 1. The van der Waals surface area contributed by atoms with Crippen molar-refractivity contribution in [1.29, 1.82) is 0 Å². The van der Waals surface area contributed by atoms with Crippen LogP contribution in [0.3, 0.4) is 0 Å². The summed E-state index contributed by atoms with van der Waals surface area (Å²) in [6.45, 7) is 4.33. The van der Waals surface area contributed by atoms with Crippen LogP contribution in [0.4, 0.5) is 0 Å². The molecular weight excluding hydrogens is 232 g/mol. The molecule has 0 aliphatic heterocycles. The van der Waals surface area contributed by atoms with Crippen molar-refractivity contribution in [3.63, 3.8) is 0 Å². The molecule has 0 saturated carbocycles. The maximum atomic E-state index is 11.2. The summed E-state index contributed by atoms with van der Waals surface area (Å²) >= 11 is 0. The van der Waals surface area contributed by atoms with E-state index in [0.717, 1.165) is 27.4 Å². The van der Waals surface area contributed by atoms with Crippen molar-refractivity contribution < 1.29 is 14.3 Å². The summed E-state index contributed by atoms with van der Waals surface area (Å²) in [6.07, 6.45) is 0. The van der Waals surface area contributed by atoms with Crippen molar-refractivity contribution in [3.8, 4) is 5.75 Å².